The summed E-state index contributed by atoms with van der Waals surface area (Å²) in [5, 5.41) is 12.5. The van der Waals surface area contributed by atoms with Gasteiger partial charge in [0.2, 0.25) is 0 Å². The number of nitrogens with one attached hydrogen (secondary N) is 1. The molecule has 0 aromatic heterocycles. The van der Waals surface area contributed by atoms with Gasteiger partial charge in [-0.2, -0.15) is 0 Å². The van der Waals surface area contributed by atoms with Crippen molar-refractivity contribution < 1.29 is 14.6 Å². The Morgan fingerprint density at radius 3 is 2.62 bits per heavy atom. The Morgan fingerprint density at radius 1 is 1.21 bits per heavy atom. The van der Waals surface area contributed by atoms with Crippen molar-refractivity contribution >= 4 is 21.9 Å². The van der Waals surface area contributed by atoms with Crippen LogP contribution in [-0.4, -0.2) is 24.2 Å². The van der Waals surface area contributed by atoms with E-state index in [0.29, 0.717) is 13.0 Å². The van der Waals surface area contributed by atoms with Gasteiger partial charge in [0.05, 0.1) is 11.6 Å². The monoisotopic (exact) mass is 391 g/mol. The highest BCUT2D eigenvalue weighted by Gasteiger charge is 2.13. The molecule has 1 unspecified atom stereocenters. The van der Waals surface area contributed by atoms with Crippen molar-refractivity contribution in [2.45, 2.75) is 31.8 Å². The SMILES string of the molecule is COc1c(Br)cccc1CNC(CCC(=O)O)Cc1ccccc1. The summed E-state index contributed by atoms with van der Waals surface area (Å²) in [6, 6.07) is 16.1. The molecule has 0 aliphatic rings. The molecule has 0 amide bonds. The maximum absolute atomic E-state index is 10.9. The Bertz CT molecular complexity index is 661. The van der Waals surface area contributed by atoms with Gasteiger partial charge in [-0.3, -0.25) is 4.79 Å². The minimum atomic E-state index is -0.769. The highest BCUT2D eigenvalue weighted by molar-refractivity contribution is 9.10. The second-order valence-corrected chi connectivity index (χ2v) is 6.49. The Hall–Kier alpha value is -1.85. The number of ether oxygens (including phenoxy) is 1. The number of halogens is 1. The van der Waals surface area contributed by atoms with E-state index in [1.165, 1.54) is 5.56 Å². The normalized spacial score (nSPS) is 11.9. The van der Waals surface area contributed by atoms with Crippen LogP contribution in [0.15, 0.2) is 53.0 Å². The molecule has 1 atom stereocenters. The van der Waals surface area contributed by atoms with E-state index >= 15 is 0 Å². The number of rotatable bonds is 9. The standard InChI is InChI=1S/C19H22BrNO3/c1-24-19-15(8-5-9-17(19)20)13-21-16(10-11-18(22)23)12-14-6-3-2-4-7-14/h2-9,16,21H,10-13H2,1H3,(H,22,23). The molecular weight excluding hydrogens is 370 g/mol. The average Bonchev–Trinajstić information content (AvgIpc) is 2.58. The maximum Gasteiger partial charge on any atom is 0.303 e. The molecule has 0 fully saturated rings. The average molecular weight is 392 g/mol. The van der Waals surface area contributed by atoms with Crippen LogP contribution >= 0.6 is 15.9 Å². The lowest BCUT2D eigenvalue weighted by Gasteiger charge is -2.19. The van der Waals surface area contributed by atoms with Crippen molar-refractivity contribution in [1.29, 1.82) is 0 Å². The number of hydrogen-bond donors (Lipinski definition) is 2. The summed E-state index contributed by atoms with van der Waals surface area (Å²) >= 11 is 3.49. The van der Waals surface area contributed by atoms with Gasteiger partial charge in [0.15, 0.2) is 0 Å². The van der Waals surface area contributed by atoms with E-state index in [4.69, 9.17) is 9.84 Å². The lowest BCUT2D eigenvalue weighted by atomic mass is 10.0. The largest absolute Gasteiger partial charge is 0.495 e. The summed E-state index contributed by atoms with van der Waals surface area (Å²) in [6.45, 7) is 0.625. The maximum atomic E-state index is 10.9. The van der Waals surface area contributed by atoms with Crippen LogP contribution < -0.4 is 10.1 Å². The van der Waals surface area contributed by atoms with Crippen LogP contribution in [0.1, 0.15) is 24.0 Å². The third kappa shape index (κ3) is 5.65. The molecule has 2 aromatic carbocycles. The van der Waals surface area contributed by atoms with Crippen molar-refractivity contribution in [3.05, 3.63) is 64.1 Å². The van der Waals surface area contributed by atoms with Crippen LogP contribution in [0.2, 0.25) is 0 Å². The molecule has 0 aliphatic heterocycles. The van der Waals surface area contributed by atoms with Gasteiger partial charge in [0, 0.05) is 24.6 Å². The van der Waals surface area contributed by atoms with Crippen molar-refractivity contribution in [2.24, 2.45) is 0 Å². The number of hydrogen-bond acceptors (Lipinski definition) is 3. The molecule has 4 nitrogen and oxygen atoms in total. The van der Waals surface area contributed by atoms with Crippen molar-refractivity contribution in [3.63, 3.8) is 0 Å². The molecule has 24 heavy (non-hydrogen) atoms. The van der Waals surface area contributed by atoms with E-state index < -0.39 is 5.97 Å². The Balaban J connectivity index is 2.05. The van der Waals surface area contributed by atoms with Crippen molar-refractivity contribution in [3.8, 4) is 5.75 Å². The number of para-hydroxylation sites is 1. The summed E-state index contributed by atoms with van der Waals surface area (Å²) in [5.74, 6) is 0.0385. The third-order valence-corrected chi connectivity index (χ3v) is 4.49. The molecule has 0 radical (unpaired) electrons. The zero-order chi connectivity index (χ0) is 17.4. The first kappa shape index (κ1) is 18.5. The molecule has 0 spiro atoms. The van der Waals surface area contributed by atoms with Crippen molar-refractivity contribution in [1.82, 2.24) is 5.32 Å². The number of carbonyl (C=O) groups is 1. The van der Waals surface area contributed by atoms with Crippen LogP contribution in [-0.2, 0) is 17.8 Å². The zero-order valence-electron chi connectivity index (χ0n) is 13.7. The molecule has 0 heterocycles. The van der Waals surface area contributed by atoms with Gasteiger partial charge in [-0.15, -0.1) is 0 Å². The molecule has 5 heteroatoms. The first-order chi connectivity index (χ1) is 11.6. The first-order valence-electron chi connectivity index (χ1n) is 7.90. The summed E-state index contributed by atoms with van der Waals surface area (Å²) < 4.78 is 6.36. The van der Waals surface area contributed by atoms with E-state index in [9.17, 15) is 4.79 Å². The van der Waals surface area contributed by atoms with Crippen LogP contribution in [0.4, 0.5) is 0 Å². The van der Waals surface area contributed by atoms with Crippen molar-refractivity contribution in [2.75, 3.05) is 7.11 Å². The highest BCUT2D eigenvalue weighted by atomic mass is 79.9. The van der Waals surface area contributed by atoms with Gasteiger partial charge in [0.25, 0.3) is 0 Å². The second-order valence-electron chi connectivity index (χ2n) is 5.63. The quantitative estimate of drug-likeness (QED) is 0.677. The number of carboxylic acid groups (broad SMARTS) is 1. The molecule has 2 rings (SSSR count). The topological polar surface area (TPSA) is 58.6 Å². The van der Waals surface area contributed by atoms with Gasteiger partial charge in [-0.1, -0.05) is 42.5 Å². The fraction of sp³-hybridized carbons (Fsp3) is 0.316. The third-order valence-electron chi connectivity index (χ3n) is 3.87. The smallest absolute Gasteiger partial charge is 0.303 e. The number of methoxy groups -OCH3 is 1. The van der Waals surface area contributed by atoms with E-state index in [1.54, 1.807) is 7.11 Å². The lowest BCUT2D eigenvalue weighted by Crippen LogP contribution is -2.31. The summed E-state index contributed by atoms with van der Waals surface area (Å²) in [5.41, 5.74) is 2.24. The van der Waals surface area contributed by atoms with Crippen LogP contribution in [0, 0.1) is 0 Å². The molecule has 128 valence electrons. The van der Waals surface area contributed by atoms with Crippen LogP contribution in [0.25, 0.3) is 0 Å². The summed E-state index contributed by atoms with van der Waals surface area (Å²) in [4.78, 5) is 10.9. The Labute approximate surface area is 151 Å². The summed E-state index contributed by atoms with van der Waals surface area (Å²) in [7, 11) is 1.65. The number of carboxylic acids is 1. The second kappa shape index (κ2) is 9.45. The molecular formula is C19H22BrNO3. The molecule has 0 bridgehead atoms. The Morgan fingerprint density at radius 2 is 1.96 bits per heavy atom. The zero-order valence-corrected chi connectivity index (χ0v) is 15.3. The highest BCUT2D eigenvalue weighted by Crippen LogP contribution is 2.28. The minimum absolute atomic E-state index is 0.0900. The van der Waals surface area contributed by atoms with Gasteiger partial charge in [-0.05, 0) is 40.4 Å². The summed E-state index contributed by atoms with van der Waals surface area (Å²) in [6.07, 6.45) is 1.53. The fourth-order valence-electron chi connectivity index (χ4n) is 2.65. The fourth-order valence-corrected chi connectivity index (χ4v) is 3.22. The van der Waals surface area contributed by atoms with E-state index in [1.807, 2.05) is 36.4 Å². The lowest BCUT2D eigenvalue weighted by molar-refractivity contribution is -0.137. The minimum Gasteiger partial charge on any atom is -0.495 e. The molecule has 0 saturated heterocycles. The number of aliphatic carboxylic acids is 1. The predicted octanol–water partition coefficient (Wildman–Crippen LogP) is 4.02. The first-order valence-corrected chi connectivity index (χ1v) is 8.70. The van der Waals surface area contributed by atoms with E-state index in [2.05, 4.69) is 33.4 Å². The van der Waals surface area contributed by atoms with Crippen LogP contribution in [0.3, 0.4) is 0 Å². The Kier molecular flexibility index (Phi) is 7.28. The van der Waals surface area contributed by atoms with Gasteiger partial charge >= 0.3 is 5.97 Å². The molecule has 2 N–H and O–H groups in total. The van der Waals surface area contributed by atoms with Crippen LogP contribution in [0.5, 0.6) is 5.75 Å². The molecule has 0 saturated carbocycles. The van der Waals surface area contributed by atoms with Gasteiger partial charge in [0.1, 0.15) is 5.75 Å². The van der Waals surface area contributed by atoms with Gasteiger partial charge < -0.3 is 15.2 Å². The molecule has 2 aromatic rings. The number of benzene rings is 2. The van der Waals surface area contributed by atoms with Gasteiger partial charge in [-0.25, -0.2) is 0 Å². The van der Waals surface area contributed by atoms with E-state index in [0.717, 1.165) is 22.2 Å². The van der Waals surface area contributed by atoms with E-state index in [-0.39, 0.29) is 12.5 Å². The predicted molar refractivity (Wildman–Crippen MR) is 98.3 cm³/mol. The molecule has 0 aliphatic carbocycles.